The topological polar surface area (TPSA) is 56.0 Å². The third kappa shape index (κ3) is 2.99. The van der Waals surface area contributed by atoms with Crippen LogP contribution < -0.4 is 0 Å². The molecule has 0 spiro atoms. The Morgan fingerprint density at radius 1 is 1.67 bits per heavy atom. The van der Waals surface area contributed by atoms with E-state index in [2.05, 4.69) is 20.9 Å². The van der Waals surface area contributed by atoms with Crippen LogP contribution in [0.15, 0.2) is 18.3 Å². The van der Waals surface area contributed by atoms with Crippen molar-refractivity contribution in [2.45, 2.75) is 31.0 Å². The molecule has 1 aromatic heterocycles. The largest absolute Gasteiger partial charge is 0.272 e. The Morgan fingerprint density at radius 2 is 2.33 bits per heavy atom. The van der Waals surface area contributed by atoms with Gasteiger partial charge < -0.3 is 0 Å². The second kappa shape index (κ2) is 5.21. The van der Waals surface area contributed by atoms with Gasteiger partial charge >= 0.3 is 0 Å². The van der Waals surface area contributed by atoms with Gasteiger partial charge in [0.25, 0.3) is 5.69 Å². The van der Waals surface area contributed by atoms with E-state index in [9.17, 15) is 10.1 Å². The summed E-state index contributed by atoms with van der Waals surface area (Å²) >= 11 is 3.49. The van der Waals surface area contributed by atoms with Crippen LogP contribution in [0.2, 0.25) is 0 Å². The maximum absolute atomic E-state index is 10.6. The van der Waals surface area contributed by atoms with E-state index in [0.29, 0.717) is 0 Å². The molecule has 0 aromatic carbocycles. The third-order valence-corrected chi connectivity index (χ3v) is 2.99. The fourth-order valence-corrected chi connectivity index (χ4v) is 2.17. The number of aromatic nitrogens is 1. The van der Waals surface area contributed by atoms with Gasteiger partial charge in [-0.25, -0.2) is 0 Å². The summed E-state index contributed by atoms with van der Waals surface area (Å²) in [6.45, 7) is 4.07. The average molecular weight is 273 g/mol. The zero-order valence-corrected chi connectivity index (χ0v) is 10.3. The predicted molar refractivity (Wildman–Crippen MR) is 62.3 cm³/mol. The number of halogens is 1. The molecule has 2 atom stereocenters. The molecule has 0 aliphatic rings. The fourth-order valence-electron chi connectivity index (χ4n) is 1.52. The highest BCUT2D eigenvalue weighted by molar-refractivity contribution is 9.09. The Kier molecular flexibility index (Phi) is 4.20. The van der Waals surface area contributed by atoms with Gasteiger partial charge in [0.15, 0.2) is 0 Å². The van der Waals surface area contributed by atoms with Crippen LogP contribution in [0.1, 0.15) is 31.9 Å². The summed E-state index contributed by atoms with van der Waals surface area (Å²) in [4.78, 5) is 14.6. The van der Waals surface area contributed by atoms with Crippen molar-refractivity contribution in [3.63, 3.8) is 0 Å². The minimum atomic E-state index is -0.392. The molecule has 1 heterocycles. The lowest BCUT2D eigenvalue weighted by atomic mass is 9.98. The van der Waals surface area contributed by atoms with Gasteiger partial charge in [0.2, 0.25) is 0 Å². The highest BCUT2D eigenvalue weighted by atomic mass is 79.9. The lowest BCUT2D eigenvalue weighted by molar-refractivity contribution is -0.385. The lowest BCUT2D eigenvalue weighted by Crippen LogP contribution is -2.09. The molecular formula is C10H13BrN2O2. The molecule has 4 nitrogen and oxygen atoms in total. The maximum atomic E-state index is 10.6. The highest BCUT2D eigenvalue weighted by Gasteiger charge is 2.18. The number of nitro groups is 1. The summed E-state index contributed by atoms with van der Waals surface area (Å²) in [5.41, 5.74) is 0.877. The van der Waals surface area contributed by atoms with Crippen molar-refractivity contribution in [2.24, 2.45) is 0 Å². The Morgan fingerprint density at radius 3 is 2.80 bits per heavy atom. The molecule has 15 heavy (non-hydrogen) atoms. The molecule has 0 saturated carbocycles. The molecule has 5 heteroatoms. The number of pyridine rings is 1. The van der Waals surface area contributed by atoms with Crippen LogP contribution in [-0.2, 0) is 0 Å². The van der Waals surface area contributed by atoms with Gasteiger partial charge in [-0.3, -0.25) is 15.1 Å². The van der Waals surface area contributed by atoms with Crippen molar-refractivity contribution in [3.05, 3.63) is 34.1 Å². The first-order valence-electron chi connectivity index (χ1n) is 4.80. The van der Waals surface area contributed by atoms with Gasteiger partial charge in [-0.05, 0) is 6.42 Å². The maximum Gasteiger partial charge on any atom is 0.272 e. The van der Waals surface area contributed by atoms with Crippen LogP contribution in [-0.4, -0.2) is 14.7 Å². The predicted octanol–water partition coefficient (Wildman–Crippen LogP) is 3.27. The molecule has 0 aliphatic carbocycles. The summed E-state index contributed by atoms with van der Waals surface area (Å²) in [7, 11) is 0. The van der Waals surface area contributed by atoms with Gasteiger partial charge in [0.1, 0.15) is 0 Å². The molecule has 1 aromatic rings. The lowest BCUT2D eigenvalue weighted by Gasteiger charge is -2.16. The van der Waals surface area contributed by atoms with E-state index in [1.165, 1.54) is 12.3 Å². The Balaban J connectivity index is 3.03. The van der Waals surface area contributed by atoms with E-state index in [1.807, 2.05) is 13.8 Å². The summed E-state index contributed by atoms with van der Waals surface area (Å²) in [5.74, 6) is 0.213. The van der Waals surface area contributed by atoms with Crippen molar-refractivity contribution < 1.29 is 4.92 Å². The minimum Gasteiger partial charge on any atom is -0.260 e. The van der Waals surface area contributed by atoms with Gasteiger partial charge in [-0.2, -0.15) is 0 Å². The molecule has 82 valence electrons. The van der Waals surface area contributed by atoms with Crippen LogP contribution in [0.4, 0.5) is 5.69 Å². The van der Waals surface area contributed by atoms with Crippen molar-refractivity contribution in [2.75, 3.05) is 0 Å². The number of alkyl halides is 1. The van der Waals surface area contributed by atoms with Gasteiger partial charge in [0.05, 0.1) is 10.6 Å². The third-order valence-electron chi connectivity index (χ3n) is 2.35. The van der Waals surface area contributed by atoms with Crippen molar-refractivity contribution in [3.8, 4) is 0 Å². The molecule has 0 bridgehead atoms. The molecule has 2 unspecified atom stereocenters. The van der Waals surface area contributed by atoms with E-state index in [0.717, 1.165) is 12.1 Å². The van der Waals surface area contributed by atoms with Crippen LogP contribution >= 0.6 is 15.9 Å². The SMILES string of the molecule is CCC(c1cc([N+](=O)[O-])ccn1)C(C)Br. The second-order valence-electron chi connectivity index (χ2n) is 3.39. The van der Waals surface area contributed by atoms with E-state index >= 15 is 0 Å². The Hall–Kier alpha value is -0.970. The van der Waals surface area contributed by atoms with E-state index in [4.69, 9.17) is 0 Å². The van der Waals surface area contributed by atoms with Crippen molar-refractivity contribution in [1.29, 1.82) is 0 Å². The van der Waals surface area contributed by atoms with Gasteiger partial charge in [-0.1, -0.05) is 29.8 Å². The number of nitrogens with zero attached hydrogens (tertiary/aromatic N) is 2. The molecule has 0 aliphatic heterocycles. The molecule has 1 rings (SSSR count). The van der Waals surface area contributed by atoms with Crippen LogP contribution in [0.5, 0.6) is 0 Å². The Bertz CT molecular complexity index is 355. The minimum absolute atomic E-state index is 0.103. The molecule has 0 N–H and O–H groups in total. The quantitative estimate of drug-likeness (QED) is 0.480. The van der Waals surface area contributed by atoms with Crippen LogP contribution in [0.25, 0.3) is 0 Å². The first-order valence-corrected chi connectivity index (χ1v) is 5.72. The first kappa shape index (κ1) is 12.1. The number of rotatable bonds is 4. The standard InChI is InChI=1S/C10H13BrN2O2/c1-3-9(7(2)11)10-6-8(13(14)15)4-5-12-10/h4-7,9H,3H2,1-2H3. The molecular weight excluding hydrogens is 260 g/mol. The molecule has 0 fully saturated rings. The van der Waals surface area contributed by atoms with Gasteiger partial charge in [0, 0.05) is 29.1 Å². The zero-order valence-electron chi connectivity index (χ0n) is 8.68. The normalized spacial score (nSPS) is 14.6. The summed E-state index contributed by atoms with van der Waals surface area (Å²) < 4.78 is 0. The molecule has 0 saturated heterocycles. The van der Waals surface area contributed by atoms with E-state index in [1.54, 1.807) is 6.07 Å². The summed E-state index contributed by atoms with van der Waals surface area (Å²) in [5, 5.41) is 10.6. The summed E-state index contributed by atoms with van der Waals surface area (Å²) in [6, 6.07) is 2.96. The average Bonchev–Trinajstić information content (AvgIpc) is 2.18. The highest BCUT2D eigenvalue weighted by Crippen LogP contribution is 2.28. The second-order valence-corrected chi connectivity index (χ2v) is 4.83. The monoisotopic (exact) mass is 272 g/mol. The number of hydrogen-bond acceptors (Lipinski definition) is 3. The van der Waals surface area contributed by atoms with E-state index < -0.39 is 4.92 Å². The molecule has 0 radical (unpaired) electrons. The number of hydrogen-bond donors (Lipinski definition) is 0. The molecule has 0 amide bonds. The summed E-state index contributed by atoms with van der Waals surface area (Å²) in [6.07, 6.45) is 2.39. The smallest absolute Gasteiger partial charge is 0.260 e. The van der Waals surface area contributed by atoms with Crippen molar-refractivity contribution in [1.82, 2.24) is 4.98 Å². The van der Waals surface area contributed by atoms with Crippen molar-refractivity contribution >= 4 is 21.6 Å². The first-order chi connectivity index (χ1) is 7.06. The fraction of sp³-hybridized carbons (Fsp3) is 0.500. The zero-order chi connectivity index (χ0) is 11.4. The van der Waals surface area contributed by atoms with Crippen LogP contribution in [0.3, 0.4) is 0 Å². The van der Waals surface area contributed by atoms with Crippen LogP contribution in [0, 0.1) is 10.1 Å². The van der Waals surface area contributed by atoms with Gasteiger partial charge in [-0.15, -0.1) is 0 Å². The Labute approximate surface area is 97.0 Å². The van der Waals surface area contributed by atoms with E-state index in [-0.39, 0.29) is 16.4 Å².